The van der Waals surface area contributed by atoms with Gasteiger partial charge in [0, 0.05) is 6.92 Å². The average Bonchev–Trinajstić information content (AvgIpc) is 2.49. The van der Waals surface area contributed by atoms with Crippen LogP contribution in [0.25, 0.3) is 0 Å². The lowest BCUT2D eigenvalue weighted by molar-refractivity contribution is -0.149. The van der Waals surface area contributed by atoms with Gasteiger partial charge in [-0.3, -0.25) is 4.79 Å². The van der Waals surface area contributed by atoms with Crippen LogP contribution in [0.4, 0.5) is 0 Å². The third-order valence-corrected chi connectivity index (χ3v) is 5.02. The Kier molecular flexibility index (Phi) is 9.10. The Labute approximate surface area is 149 Å². The van der Waals surface area contributed by atoms with Gasteiger partial charge in [-0.15, -0.1) is 0 Å². The Morgan fingerprint density at radius 1 is 1.08 bits per heavy atom. The summed E-state index contributed by atoms with van der Waals surface area (Å²) in [5.74, 6) is 0.785. The predicted octanol–water partition coefficient (Wildman–Crippen LogP) is 6.38. The molecule has 0 aromatic rings. The second-order valence-corrected chi connectivity index (χ2v) is 7.70. The highest BCUT2D eigenvalue weighted by Crippen LogP contribution is 2.26. The van der Waals surface area contributed by atoms with Crippen LogP contribution in [0.5, 0.6) is 0 Å². The molecule has 0 amide bonds. The van der Waals surface area contributed by atoms with Gasteiger partial charge in [-0.05, 0) is 64.2 Å². The highest BCUT2D eigenvalue weighted by molar-refractivity contribution is 5.66. The van der Waals surface area contributed by atoms with Crippen molar-refractivity contribution in [1.29, 1.82) is 0 Å². The van der Waals surface area contributed by atoms with Gasteiger partial charge >= 0.3 is 5.97 Å². The molecule has 0 aromatic carbocycles. The smallest absolute Gasteiger partial charge is 0.302 e. The van der Waals surface area contributed by atoms with Crippen molar-refractivity contribution < 1.29 is 9.53 Å². The summed E-state index contributed by atoms with van der Waals surface area (Å²) in [6.07, 6.45) is 13.3. The van der Waals surface area contributed by atoms with Gasteiger partial charge in [0.25, 0.3) is 0 Å². The standard InChI is InChI=1S/C22H36O2/c1-16(2)21-13-10-17(3)8-7-9-18(4)11-15-22(24-20(6)23)19(5)12-14-21/h9-10,13,16,19,22H,7-8,11-12,14-15H2,1-6H3/b17-10+,18-9+,21-13+/t19-,22-/m0/s1. The zero-order valence-electron chi connectivity index (χ0n) is 16.5. The summed E-state index contributed by atoms with van der Waals surface area (Å²) in [5.41, 5.74) is 4.34. The first-order valence-corrected chi connectivity index (χ1v) is 9.48. The van der Waals surface area contributed by atoms with Gasteiger partial charge in [0.2, 0.25) is 0 Å². The van der Waals surface area contributed by atoms with Crippen molar-refractivity contribution in [2.24, 2.45) is 11.8 Å². The zero-order valence-corrected chi connectivity index (χ0v) is 16.5. The van der Waals surface area contributed by atoms with Crippen LogP contribution < -0.4 is 0 Å². The van der Waals surface area contributed by atoms with Crippen molar-refractivity contribution in [3.63, 3.8) is 0 Å². The molecular weight excluding hydrogens is 296 g/mol. The number of carbonyl (C=O) groups excluding carboxylic acids is 1. The molecule has 0 radical (unpaired) electrons. The largest absolute Gasteiger partial charge is 0.462 e. The molecule has 0 saturated carbocycles. The summed E-state index contributed by atoms with van der Waals surface area (Å²) in [6.45, 7) is 12.7. The second kappa shape index (κ2) is 10.5. The van der Waals surface area contributed by atoms with E-state index in [9.17, 15) is 4.79 Å². The van der Waals surface area contributed by atoms with E-state index in [1.165, 1.54) is 23.6 Å². The van der Waals surface area contributed by atoms with Crippen molar-refractivity contribution in [1.82, 2.24) is 0 Å². The molecule has 24 heavy (non-hydrogen) atoms. The zero-order chi connectivity index (χ0) is 18.1. The minimum Gasteiger partial charge on any atom is -0.462 e. The molecule has 0 spiro atoms. The Morgan fingerprint density at radius 2 is 1.79 bits per heavy atom. The van der Waals surface area contributed by atoms with E-state index in [4.69, 9.17) is 4.74 Å². The minimum atomic E-state index is -0.159. The van der Waals surface area contributed by atoms with E-state index < -0.39 is 0 Å². The fraction of sp³-hybridized carbons (Fsp3) is 0.682. The number of allylic oxidation sites excluding steroid dienone is 6. The maximum absolute atomic E-state index is 11.5. The second-order valence-electron chi connectivity index (χ2n) is 7.70. The van der Waals surface area contributed by atoms with E-state index >= 15 is 0 Å². The van der Waals surface area contributed by atoms with Crippen molar-refractivity contribution in [2.45, 2.75) is 86.2 Å². The molecule has 136 valence electrons. The van der Waals surface area contributed by atoms with E-state index in [2.05, 4.69) is 52.8 Å². The van der Waals surface area contributed by atoms with Crippen LogP contribution >= 0.6 is 0 Å². The molecule has 1 rings (SSSR count). The van der Waals surface area contributed by atoms with Crippen molar-refractivity contribution in [3.8, 4) is 0 Å². The molecule has 0 aromatic heterocycles. The Morgan fingerprint density at radius 3 is 2.42 bits per heavy atom. The van der Waals surface area contributed by atoms with Crippen LogP contribution in [0.15, 0.2) is 34.9 Å². The molecule has 2 heteroatoms. The normalized spacial score (nSPS) is 31.0. The third-order valence-electron chi connectivity index (χ3n) is 5.02. The van der Waals surface area contributed by atoms with Crippen LogP contribution in [-0.4, -0.2) is 12.1 Å². The Balaban J connectivity index is 2.97. The van der Waals surface area contributed by atoms with E-state index in [-0.39, 0.29) is 12.1 Å². The molecule has 0 heterocycles. The van der Waals surface area contributed by atoms with Gasteiger partial charge in [-0.2, -0.15) is 0 Å². The first-order chi connectivity index (χ1) is 11.3. The first kappa shape index (κ1) is 20.7. The molecule has 2 nitrogen and oxygen atoms in total. The van der Waals surface area contributed by atoms with Crippen molar-refractivity contribution in [2.75, 3.05) is 0 Å². The lowest BCUT2D eigenvalue weighted by Gasteiger charge is -2.25. The van der Waals surface area contributed by atoms with E-state index in [1.54, 1.807) is 0 Å². The van der Waals surface area contributed by atoms with E-state index in [0.717, 1.165) is 38.5 Å². The maximum Gasteiger partial charge on any atom is 0.302 e. The third kappa shape index (κ3) is 7.99. The van der Waals surface area contributed by atoms with Crippen LogP contribution in [0.2, 0.25) is 0 Å². The number of hydrogen-bond acceptors (Lipinski definition) is 2. The summed E-state index contributed by atoms with van der Waals surface area (Å²) in [4.78, 5) is 11.5. The lowest BCUT2D eigenvalue weighted by atomic mass is 9.88. The van der Waals surface area contributed by atoms with Crippen LogP contribution in [0, 0.1) is 11.8 Å². The fourth-order valence-corrected chi connectivity index (χ4v) is 3.17. The van der Waals surface area contributed by atoms with E-state index in [1.807, 2.05) is 0 Å². The summed E-state index contributed by atoms with van der Waals surface area (Å²) in [5, 5.41) is 0. The van der Waals surface area contributed by atoms with Gasteiger partial charge in [0.1, 0.15) is 6.10 Å². The average molecular weight is 333 g/mol. The molecule has 0 unspecified atom stereocenters. The monoisotopic (exact) mass is 332 g/mol. The van der Waals surface area contributed by atoms with E-state index in [0.29, 0.717) is 11.8 Å². The summed E-state index contributed by atoms with van der Waals surface area (Å²) in [6, 6.07) is 0. The first-order valence-electron chi connectivity index (χ1n) is 9.48. The molecule has 0 fully saturated rings. The minimum absolute atomic E-state index is 0.0273. The Hall–Kier alpha value is -1.31. The molecule has 1 aliphatic rings. The number of rotatable bonds is 2. The highest BCUT2D eigenvalue weighted by Gasteiger charge is 2.21. The van der Waals surface area contributed by atoms with Crippen LogP contribution in [0.1, 0.15) is 80.1 Å². The molecule has 0 saturated heterocycles. The number of hydrogen-bond donors (Lipinski definition) is 0. The molecule has 0 N–H and O–H groups in total. The number of esters is 1. The van der Waals surface area contributed by atoms with Crippen molar-refractivity contribution >= 4 is 5.97 Å². The lowest BCUT2D eigenvalue weighted by Crippen LogP contribution is -2.24. The van der Waals surface area contributed by atoms with Gasteiger partial charge in [-0.25, -0.2) is 0 Å². The molecule has 1 aliphatic carbocycles. The predicted molar refractivity (Wildman–Crippen MR) is 103 cm³/mol. The summed E-state index contributed by atoms with van der Waals surface area (Å²) < 4.78 is 5.63. The summed E-state index contributed by atoms with van der Waals surface area (Å²) in [7, 11) is 0. The number of ether oxygens (including phenoxy) is 1. The highest BCUT2D eigenvalue weighted by atomic mass is 16.5. The SMILES string of the molecule is CC(=O)O[C@H]1CC/C(C)=C/CC/C(C)=C/C=C(/C(C)C)CC[C@@H]1C. The van der Waals surface area contributed by atoms with Crippen LogP contribution in [0.3, 0.4) is 0 Å². The summed E-state index contributed by atoms with van der Waals surface area (Å²) >= 11 is 0. The van der Waals surface area contributed by atoms with Crippen LogP contribution in [-0.2, 0) is 9.53 Å². The van der Waals surface area contributed by atoms with Crippen molar-refractivity contribution in [3.05, 3.63) is 34.9 Å². The fourth-order valence-electron chi connectivity index (χ4n) is 3.17. The van der Waals surface area contributed by atoms with Gasteiger partial charge < -0.3 is 4.74 Å². The van der Waals surface area contributed by atoms with Gasteiger partial charge in [0.15, 0.2) is 0 Å². The number of carbonyl (C=O) groups is 1. The molecule has 0 bridgehead atoms. The topological polar surface area (TPSA) is 26.3 Å². The molecule has 2 atom stereocenters. The Bertz CT molecular complexity index is 494. The van der Waals surface area contributed by atoms with Gasteiger partial charge in [-0.1, -0.05) is 55.7 Å². The molecular formula is C22H36O2. The quantitative estimate of drug-likeness (QED) is 0.433. The van der Waals surface area contributed by atoms with Gasteiger partial charge in [0.05, 0.1) is 0 Å². The maximum atomic E-state index is 11.5. The molecule has 0 aliphatic heterocycles.